The molecule has 7 heteroatoms. The minimum Gasteiger partial charge on any atom is -0.381 e. The van der Waals surface area contributed by atoms with Crippen LogP contribution in [0.5, 0.6) is 0 Å². The monoisotopic (exact) mass is 482 g/mol. The Kier molecular flexibility index (Phi) is 5.59. The molecular formula is C28H26N4O2S. The highest BCUT2D eigenvalue weighted by atomic mass is 32.1. The Hall–Kier alpha value is -3.55. The molecule has 0 unspecified atom stereocenters. The smallest absolute Gasteiger partial charge is 0.263 e. The number of hydrogen-bond acceptors (Lipinski definition) is 6. The first-order valence-electron chi connectivity index (χ1n) is 12.0. The van der Waals surface area contributed by atoms with Crippen LogP contribution in [-0.4, -0.2) is 54.3 Å². The lowest BCUT2D eigenvalue weighted by molar-refractivity contribution is -0.108. The van der Waals surface area contributed by atoms with E-state index in [2.05, 4.69) is 64.1 Å². The number of aldehydes is 1. The maximum absolute atomic E-state index is 12.7. The zero-order valence-electron chi connectivity index (χ0n) is 19.5. The number of aromatic nitrogens is 1. The first kappa shape index (κ1) is 21.9. The second-order valence-electron chi connectivity index (χ2n) is 9.25. The molecule has 0 radical (unpaired) electrons. The molecule has 1 amide bonds. The summed E-state index contributed by atoms with van der Waals surface area (Å²) in [4.78, 5) is 31.3. The molecule has 176 valence electrons. The Morgan fingerprint density at radius 1 is 1.11 bits per heavy atom. The standard InChI is InChI=1S/C28H26N4O2S/c1-17-16-29-26-25-21-6-7-22(31-23(21)8-9-24(25)35-27(26)28(34)30-17)20-4-2-18(3-5-20)19-10-12-32(13-11-19)14-15-33/h2-10,15,17,29H,11-14,16H2,1H3,(H,30,34)/t17-/m1/s1. The minimum atomic E-state index is -0.0129. The number of hydrogen-bond donors (Lipinski definition) is 2. The fraction of sp³-hybridized carbons (Fsp3) is 0.250. The summed E-state index contributed by atoms with van der Waals surface area (Å²) in [6.07, 6.45) is 4.14. The van der Waals surface area contributed by atoms with Gasteiger partial charge in [0, 0.05) is 46.7 Å². The largest absolute Gasteiger partial charge is 0.381 e. The molecule has 4 aromatic rings. The Morgan fingerprint density at radius 3 is 2.71 bits per heavy atom. The van der Waals surface area contributed by atoms with E-state index >= 15 is 0 Å². The normalized spacial score (nSPS) is 18.5. The van der Waals surface area contributed by atoms with Gasteiger partial charge in [0.1, 0.15) is 11.2 Å². The van der Waals surface area contributed by atoms with E-state index in [9.17, 15) is 9.59 Å². The highest BCUT2D eigenvalue weighted by molar-refractivity contribution is 7.21. The lowest BCUT2D eigenvalue weighted by atomic mass is 9.97. The van der Waals surface area contributed by atoms with Crippen molar-refractivity contribution in [2.75, 3.05) is 31.5 Å². The maximum Gasteiger partial charge on any atom is 0.263 e. The molecule has 0 saturated carbocycles. The number of amides is 1. The van der Waals surface area contributed by atoms with Crippen LogP contribution in [0.2, 0.25) is 0 Å². The van der Waals surface area contributed by atoms with E-state index in [0.717, 1.165) is 68.6 Å². The molecular weight excluding hydrogens is 456 g/mol. The van der Waals surface area contributed by atoms with Crippen LogP contribution in [0.1, 0.15) is 28.6 Å². The van der Waals surface area contributed by atoms with Crippen molar-refractivity contribution in [1.29, 1.82) is 0 Å². The summed E-state index contributed by atoms with van der Waals surface area (Å²) in [7, 11) is 0. The topological polar surface area (TPSA) is 74.3 Å². The predicted octanol–water partition coefficient (Wildman–Crippen LogP) is 4.95. The van der Waals surface area contributed by atoms with Gasteiger partial charge < -0.3 is 15.4 Å². The van der Waals surface area contributed by atoms with Crippen molar-refractivity contribution in [3.63, 3.8) is 0 Å². The Bertz CT molecular complexity index is 1490. The number of rotatable bonds is 4. The van der Waals surface area contributed by atoms with Gasteiger partial charge in [-0.3, -0.25) is 9.69 Å². The third-order valence-electron chi connectivity index (χ3n) is 6.87. The quantitative estimate of drug-likeness (QED) is 0.403. The molecule has 4 heterocycles. The van der Waals surface area contributed by atoms with E-state index < -0.39 is 0 Å². The number of fused-ring (bicyclic) bond motifs is 5. The van der Waals surface area contributed by atoms with Gasteiger partial charge in [0.05, 0.1) is 23.4 Å². The zero-order chi connectivity index (χ0) is 23.9. The fourth-order valence-corrected chi connectivity index (χ4v) is 6.08. The molecule has 6 rings (SSSR count). The molecule has 0 bridgehead atoms. The van der Waals surface area contributed by atoms with E-state index in [1.807, 2.05) is 13.0 Å². The van der Waals surface area contributed by atoms with Crippen molar-refractivity contribution >= 4 is 55.8 Å². The minimum absolute atomic E-state index is 0.0129. The highest BCUT2D eigenvalue weighted by Gasteiger charge is 2.24. The molecule has 0 fully saturated rings. The number of benzene rings is 2. The highest BCUT2D eigenvalue weighted by Crippen LogP contribution is 2.41. The van der Waals surface area contributed by atoms with Gasteiger partial charge in [0.25, 0.3) is 5.91 Å². The van der Waals surface area contributed by atoms with Gasteiger partial charge in [0.2, 0.25) is 0 Å². The molecule has 35 heavy (non-hydrogen) atoms. The van der Waals surface area contributed by atoms with Crippen molar-refractivity contribution < 1.29 is 9.59 Å². The van der Waals surface area contributed by atoms with Gasteiger partial charge >= 0.3 is 0 Å². The second kappa shape index (κ2) is 8.91. The van der Waals surface area contributed by atoms with Crippen LogP contribution in [-0.2, 0) is 4.79 Å². The summed E-state index contributed by atoms with van der Waals surface area (Å²) >= 11 is 1.53. The lowest BCUT2D eigenvalue weighted by Crippen LogP contribution is -2.34. The van der Waals surface area contributed by atoms with Crippen LogP contribution in [0.3, 0.4) is 0 Å². The number of pyridine rings is 1. The summed E-state index contributed by atoms with van der Waals surface area (Å²) in [5, 5.41) is 8.67. The molecule has 0 spiro atoms. The van der Waals surface area contributed by atoms with Crippen LogP contribution in [0.4, 0.5) is 5.69 Å². The van der Waals surface area contributed by atoms with Gasteiger partial charge in [-0.1, -0.05) is 30.3 Å². The van der Waals surface area contributed by atoms with Gasteiger partial charge in [-0.05, 0) is 48.7 Å². The van der Waals surface area contributed by atoms with Crippen LogP contribution in [0, 0.1) is 0 Å². The van der Waals surface area contributed by atoms with Gasteiger partial charge in [0.15, 0.2) is 0 Å². The van der Waals surface area contributed by atoms with Gasteiger partial charge in [-0.25, -0.2) is 4.98 Å². The molecule has 0 aliphatic carbocycles. The summed E-state index contributed by atoms with van der Waals surface area (Å²) < 4.78 is 1.09. The van der Waals surface area contributed by atoms with E-state index in [0.29, 0.717) is 13.1 Å². The van der Waals surface area contributed by atoms with Crippen molar-refractivity contribution in [2.45, 2.75) is 19.4 Å². The number of anilines is 1. The number of thiophene rings is 1. The number of carbonyl (C=O) groups is 2. The fourth-order valence-electron chi connectivity index (χ4n) is 4.99. The third-order valence-corrected chi connectivity index (χ3v) is 8.02. The van der Waals surface area contributed by atoms with Crippen molar-refractivity contribution in [2.24, 2.45) is 0 Å². The van der Waals surface area contributed by atoms with Crippen molar-refractivity contribution in [3.05, 3.63) is 65.0 Å². The molecule has 2 aliphatic heterocycles. The Labute approximate surface area is 207 Å². The SMILES string of the molecule is C[C@@H]1CNc2c(sc3ccc4nc(-c5ccc(C6=CCN(CC=O)CC6)cc5)ccc4c23)C(=O)N1. The van der Waals surface area contributed by atoms with E-state index in [-0.39, 0.29) is 11.9 Å². The second-order valence-corrected chi connectivity index (χ2v) is 10.3. The zero-order valence-corrected chi connectivity index (χ0v) is 20.3. The first-order chi connectivity index (χ1) is 17.1. The molecule has 6 nitrogen and oxygen atoms in total. The predicted molar refractivity (Wildman–Crippen MR) is 143 cm³/mol. The first-order valence-corrected chi connectivity index (χ1v) is 12.8. The maximum atomic E-state index is 12.7. The van der Waals surface area contributed by atoms with Crippen LogP contribution < -0.4 is 10.6 Å². The van der Waals surface area contributed by atoms with E-state index in [4.69, 9.17) is 4.98 Å². The summed E-state index contributed by atoms with van der Waals surface area (Å²) in [6.45, 7) is 4.94. The number of carbonyl (C=O) groups excluding carboxylic acids is 2. The van der Waals surface area contributed by atoms with E-state index in [1.165, 1.54) is 22.5 Å². The third kappa shape index (κ3) is 4.00. The molecule has 0 saturated heterocycles. The summed E-state index contributed by atoms with van der Waals surface area (Å²) in [5.41, 5.74) is 6.40. The molecule has 2 aromatic heterocycles. The van der Waals surface area contributed by atoms with Crippen LogP contribution >= 0.6 is 11.3 Å². The Morgan fingerprint density at radius 2 is 1.94 bits per heavy atom. The van der Waals surface area contributed by atoms with Crippen molar-refractivity contribution in [1.82, 2.24) is 15.2 Å². The van der Waals surface area contributed by atoms with Crippen molar-refractivity contribution in [3.8, 4) is 11.3 Å². The average Bonchev–Trinajstić information content (AvgIpc) is 3.21. The van der Waals surface area contributed by atoms with E-state index in [1.54, 1.807) is 0 Å². The average molecular weight is 483 g/mol. The number of nitrogens with one attached hydrogen (secondary N) is 2. The summed E-state index contributed by atoms with van der Waals surface area (Å²) in [5.74, 6) is -0.0129. The lowest BCUT2D eigenvalue weighted by Gasteiger charge is -2.24. The van der Waals surface area contributed by atoms with Gasteiger partial charge in [-0.15, -0.1) is 11.3 Å². The molecule has 2 aliphatic rings. The molecule has 1 atom stereocenters. The van der Waals surface area contributed by atoms with Crippen LogP contribution in [0.15, 0.2) is 54.6 Å². The Balaban J connectivity index is 1.32. The molecule has 2 N–H and O–H groups in total. The van der Waals surface area contributed by atoms with Gasteiger partial charge in [-0.2, -0.15) is 0 Å². The van der Waals surface area contributed by atoms with Crippen LogP contribution in [0.25, 0.3) is 37.8 Å². The number of nitrogens with zero attached hydrogens (tertiary/aromatic N) is 2. The summed E-state index contributed by atoms with van der Waals surface area (Å²) in [6, 6.07) is 17.0. The molecule has 2 aromatic carbocycles.